The molecule has 0 bridgehead atoms. The molecule has 0 amide bonds. The van der Waals surface area contributed by atoms with Crippen molar-refractivity contribution in [1.29, 1.82) is 0 Å². The Morgan fingerprint density at radius 3 is 2.62 bits per heavy atom. The van der Waals surface area contributed by atoms with Crippen molar-refractivity contribution in [3.63, 3.8) is 0 Å². The van der Waals surface area contributed by atoms with E-state index >= 15 is 0 Å². The standard InChI is InChI=1S/C14H21NO/c1-11-3-4-14(13(9-11)10-16)12-5-7-15(2)8-6-12/h3-4,9,12,16H,5-8,10H2,1-2H3. The SMILES string of the molecule is Cc1ccc(C2CCN(C)CC2)c(CO)c1. The fourth-order valence-electron chi connectivity index (χ4n) is 2.59. The van der Waals surface area contributed by atoms with Gasteiger partial charge in [-0.05, 0) is 56.9 Å². The Balaban J connectivity index is 2.19. The number of hydrogen-bond acceptors (Lipinski definition) is 2. The lowest BCUT2D eigenvalue weighted by Crippen LogP contribution is -2.29. The van der Waals surface area contributed by atoms with Gasteiger partial charge >= 0.3 is 0 Å². The molecule has 1 N–H and O–H groups in total. The van der Waals surface area contributed by atoms with E-state index in [1.165, 1.54) is 37.1 Å². The van der Waals surface area contributed by atoms with Crippen molar-refractivity contribution in [3.05, 3.63) is 34.9 Å². The van der Waals surface area contributed by atoms with Crippen LogP contribution in [0, 0.1) is 6.92 Å². The largest absolute Gasteiger partial charge is 0.392 e. The van der Waals surface area contributed by atoms with Crippen molar-refractivity contribution in [2.45, 2.75) is 32.3 Å². The average Bonchev–Trinajstić information content (AvgIpc) is 2.30. The highest BCUT2D eigenvalue weighted by Crippen LogP contribution is 2.30. The molecule has 0 saturated carbocycles. The van der Waals surface area contributed by atoms with Gasteiger partial charge in [-0.25, -0.2) is 0 Å². The topological polar surface area (TPSA) is 23.5 Å². The lowest BCUT2D eigenvalue weighted by molar-refractivity contribution is 0.249. The predicted octanol–water partition coefficient (Wildman–Crippen LogP) is 2.30. The molecule has 2 nitrogen and oxygen atoms in total. The van der Waals surface area contributed by atoms with Crippen molar-refractivity contribution >= 4 is 0 Å². The molecule has 0 radical (unpaired) electrons. The Kier molecular flexibility index (Phi) is 3.62. The summed E-state index contributed by atoms with van der Waals surface area (Å²) in [6.45, 7) is 4.59. The second-order valence-corrected chi connectivity index (χ2v) is 4.94. The summed E-state index contributed by atoms with van der Waals surface area (Å²) >= 11 is 0. The summed E-state index contributed by atoms with van der Waals surface area (Å²) < 4.78 is 0. The van der Waals surface area contributed by atoms with Gasteiger partial charge in [0.05, 0.1) is 6.61 Å². The fourth-order valence-corrected chi connectivity index (χ4v) is 2.59. The van der Waals surface area contributed by atoms with Crippen LogP contribution in [-0.2, 0) is 6.61 Å². The molecule has 0 spiro atoms. The van der Waals surface area contributed by atoms with E-state index in [9.17, 15) is 5.11 Å². The molecule has 1 aromatic rings. The van der Waals surface area contributed by atoms with E-state index in [4.69, 9.17) is 0 Å². The molecule has 1 saturated heterocycles. The zero-order chi connectivity index (χ0) is 11.5. The molecule has 1 aromatic carbocycles. The third kappa shape index (κ3) is 2.45. The number of aryl methyl sites for hydroxylation is 1. The van der Waals surface area contributed by atoms with Gasteiger partial charge < -0.3 is 10.0 Å². The van der Waals surface area contributed by atoms with Crippen LogP contribution in [0.15, 0.2) is 18.2 Å². The number of nitrogens with zero attached hydrogens (tertiary/aromatic N) is 1. The number of aliphatic hydroxyl groups excluding tert-OH is 1. The first-order valence-corrected chi connectivity index (χ1v) is 6.09. The van der Waals surface area contributed by atoms with Gasteiger partial charge in [0.15, 0.2) is 0 Å². The van der Waals surface area contributed by atoms with Crippen molar-refractivity contribution in [2.24, 2.45) is 0 Å². The maximum Gasteiger partial charge on any atom is 0.0684 e. The highest BCUT2D eigenvalue weighted by atomic mass is 16.3. The summed E-state index contributed by atoms with van der Waals surface area (Å²) in [7, 11) is 2.18. The van der Waals surface area contributed by atoms with Crippen molar-refractivity contribution < 1.29 is 5.11 Å². The van der Waals surface area contributed by atoms with Crippen LogP contribution in [0.4, 0.5) is 0 Å². The molecule has 1 fully saturated rings. The Bertz CT molecular complexity index is 354. The summed E-state index contributed by atoms with van der Waals surface area (Å²) in [6, 6.07) is 6.48. The summed E-state index contributed by atoms with van der Waals surface area (Å²) in [5.41, 5.74) is 3.72. The number of likely N-dealkylation sites (tertiary alicyclic amines) is 1. The monoisotopic (exact) mass is 219 g/mol. The molecule has 0 aliphatic carbocycles. The molecule has 88 valence electrons. The molecule has 0 unspecified atom stereocenters. The van der Waals surface area contributed by atoms with Crippen LogP contribution < -0.4 is 0 Å². The summed E-state index contributed by atoms with van der Waals surface area (Å²) in [5, 5.41) is 9.42. The van der Waals surface area contributed by atoms with Gasteiger partial charge in [0.1, 0.15) is 0 Å². The van der Waals surface area contributed by atoms with E-state index < -0.39 is 0 Å². The Morgan fingerprint density at radius 2 is 2.00 bits per heavy atom. The summed E-state index contributed by atoms with van der Waals surface area (Å²) in [6.07, 6.45) is 2.43. The Hall–Kier alpha value is -0.860. The Labute approximate surface area is 97.9 Å². The molecular weight excluding hydrogens is 198 g/mol. The van der Waals surface area contributed by atoms with Crippen LogP contribution >= 0.6 is 0 Å². The summed E-state index contributed by atoms with van der Waals surface area (Å²) in [4.78, 5) is 2.38. The number of piperidine rings is 1. The first-order chi connectivity index (χ1) is 7.70. The lowest BCUT2D eigenvalue weighted by Gasteiger charge is -2.30. The van der Waals surface area contributed by atoms with Gasteiger partial charge in [-0.3, -0.25) is 0 Å². The first-order valence-electron chi connectivity index (χ1n) is 6.09. The highest BCUT2D eigenvalue weighted by molar-refractivity contribution is 5.34. The summed E-state index contributed by atoms with van der Waals surface area (Å²) in [5.74, 6) is 0.638. The van der Waals surface area contributed by atoms with Gasteiger partial charge in [0, 0.05) is 0 Å². The Morgan fingerprint density at radius 1 is 1.31 bits per heavy atom. The minimum atomic E-state index is 0.170. The van der Waals surface area contributed by atoms with E-state index in [1.54, 1.807) is 0 Å². The molecule has 1 aliphatic rings. The van der Waals surface area contributed by atoms with E-state index in [0.29, 0.717) is 5.92 Å². The van der Waals surface area contributed by atoms with E-state index in [0.717, 1.165) is 5.56 Å². The minimum Gasteiger partial charge on any atom is -0.392 e. The number of hydrogen-bond donors (Lipinski definition) is 1. The average molecular weight is 219 g/mol. The molecule has 1 heterocycles. The van der Waals surface area contributed by atoms with E-state index in [-0.39, 0.29) is 6.61 Å². The van der Waals surface area contributed by atoms with E-state index in [1.807, 2.05) is 0 Å². The van der Waals surface area contributed by atoms with Crippen LogP contribution in [0.2, 0.25) is 0 Å². The van der Waals surface area contributed by atoms with Crippen LogP contribution in [0.1, 0.15) is 35.4 Å². The molecular formula is C14H21NO. The van der Waals surface area contributed by atoms with Crippen LogP contribution in [0.3, 0.4) is 0 Å². The molecule has 0 atom stereocenters. The number of aliphatic hydroxyl groups is 1. The second kappa shape index (κ2) is 4.98. The number of rotatable bonds is 2. The van der Waals surface area contributed by atoms with Crippen molar-refractivity contribution in [2.75, 3.05) is 20.1 Å². The molecule has 2 rings (SSSR count). The normalized spacial score (nSPS) is 18.9. The zero-order valence-corrected chi connectivity index (χ0v) is 10.2. The third-order valence-corrected chi connectivity index (χ3v) is 3.63. The molecule has 0 aromatic heterocycles. The van der Waals surface area contributed by atoms with E-state index in [2.05, 4.69) is 37.1 Å². The van der Waals surface area contributed by atoms with Gasteiger partial charge in [0.25, 0.3) is 0 Å². The van der Waals surface area contributed by atoms with Crippen LogP contribution in [0.5, 0.6) is 0 Å². The van der Waals surface area contributed by atoms with Crippen LogP contribution in [0.25, 0.3) is 0 Å². The van der Waals surface area contributed by atoms with Gasteiger partial charge in [-0.1, -0.05) is 23.8 Å². The van der Waals surface area contributed by atoms with Crippen molar-refractivity contribution in [1.82, 2.24) is 4.90 Å². The zero-order valence-electron chi connectivity index (χ0n) is 10.2. The first kappa shape index (κ1) is 11.6. The molecule has 1 aliphatic heterocycles. The van der Waals surface area contributed by atoms with Gasteiger partial charge in [-0.15, -0.1) is 0 Å². The number of benzene rings is 1. The maximum atomic E-state index is 9.42. The fraction of sp³-hybridized carbons (Fsp3) is 0.571. The highest BCUT2D eigenvalue weighted by Gasteiger charge is 2.20. The minimum absolute atomic E-state index is 0.170. The second-order valence-electron chi connectivity index (χ2n) is 4.94. The van der Waals surface area contributed by atoms with Gasteiger partial charge in [0.2, 0.25) is 0 Å². The molecule has 2 heteroatoms. The lowest BCUT2D eigenvalue weighted by atomic mass is 9.86. The van der Waals surface area contributed by atoms with Crippen LogP contribution in [-0.4, -0.2) is 30.1 Å². The predicted molar refractivity (Wildman–Crippen MR) is 66.6 cm³/mol. The quantitative estimate of drug-likeness (QED) is 0.825. The van der Waals surface area contributed by atoms with Crippen molar-refractivity contribution in [3.8, 4) is 0 Å². The third-order valence-electron chi connectivity index (χ3n) is 3.63. The smallest absolute Gasteiger partial charge is 0.0684 e. The maximum absolute atomic E-state index is 9.42. The molecule has 16 heavy (non-hydrogen) atoms. The van der Waals surface area contributed by atoms with Gasteiger partial charge in [-0.2, -0.15) is 0 Å².